The first kappa shape index (κ1) is 16.1. The average molecular weight is 391 g/mol. The Kier molecular flexibility index (Phi) is 4.57. The Morgan fingerprint density at radius 2 is 1.96 bits per heavy atom. The van der Waals surface area contributed by atoms with Gasteiger partial charge in [-0.15, -0.1) is 0 Å². The number of hydrogen-bond donors (Lipinski definition) is 0. The van der Waals surface area contributed by atoms with Gasteiger partial charge < -0.3 is 13.6 Å². The molecule has 0 saturated carbocycles. The maximum atomic E-state index is 12.0. The normalized spacial score (nSPS) is 10.6. The molecule has 0 aliphatic heterocycles. The van der Waals surface area contributed by atoms with Crippen LogP contribution in [0.1, 0.15) is 21.2 Å². The van der Waals surface area contributed by atoms with Crippen LogP contribution < -0.4 is 0 Å². The van der Waals surface area contributed by atoms with Crippen molar-refractivity contribution in [3.05, 3.63) is 48.2 Å². The number of Topliss-reactive ketones (excluding diaryl/α,β-unsaturated/α-hetero) is 1. The minimum absolute atomic E-state index is 0.0232. The minimum atomic E-state index is -0.635. The number of rotatable bonds is 5. The summed E-state index contributed by atoms with van der Waals surface area (Å²) < 4.78 is 15.5. The van der Waals surface area contributed by atoms with Crippen molar-refractivity contribution in [1.29, 1.82) is 0 Å². The lowest BCUT2D eigenvalue weighted by Crippen LogP contribution is -2.03. The first-order chi connectivity index (χ1) is 11.6. The van der Waals surface area contributed by atoms with Crippen LogP contribution in [0.5, 0.6) is 0 Å². The Labute approximate surface area is 144 Å². The van der Waals surface area contributed by atoms with Crippen LogP contribution >= 0.6 is 15.9 Å². The fourth-order valence-electron chi connectivity index (χ4n) is 2.01. The van der Waals surface area contributed by atoms with E-state index >= 15 is 0 Å². The summed E-state index contributed by atoms with van der Waals surface area (Å²) in [5.74, 6) is -0.699. The molecular formula is C16H11BrN2O5. The van der Waals surface area contributed by atoms with Crippen molar-refractivity contribution in [3.63, 3.8) is 0 Å². The molecule has 0 radical (unpaired) electrons. The van der Waals surface area contributed by atoms with E-state index in [-0.39, 0.29) is 40.0 Å². The topological polar surface area (TPSA) is 95.4 Å². The summed E-state index contributed by atoms with van der Waals surface area (Å²) in [6.45, 7) is 0. The predicted molar refractivity (Wildman–Crippen MR) is 86.9 cm³/mol. The molecule has 8 heteroatoms. The zero-order valence-corrected chi connectivity index (χ0v) is 14.1. The summed E-state index contributed by atoms with van der Waals surface area (Å²) in [7, 11) is 1.26. The van der Waals surface area contributed by atoms with E-state index in [4.69, 9.17) is 13.6 Å². The van der Waals surface area contributed by atoms with E-state index in [1.165, 1.54) is 13.4 Å². The molecule has 122 valence electrons. The standard InChI is InChI=1S/C16H11BrN2O5/c1-22-16(21)12-13(9-5-3-2-4-6-9)24-14(19-12)10-8-23-15(18-10)11(20)7-17/h2-6,8H,7H2,1H3. The highest BCUT2D eigenvalue weighted by molar-refractivity contribution is 9.09. The molecule has 0 aliphatic carbocycles. The number of hydrogen-bond acceptors (Lipinski definition) is 7. The van der Waals surface area contributed by atoms with Crippen LogP contribution in [0.2, 0.25) is 0 Å². The number of nitrogens with zero attached hydrogens (tertiary/aromatic N) is 2. The highest BCUT2D eigenvalue weighted by Crippen LogP contribution is 2.30. The highest BCUT2D eigenvalue weighted by atomic mass is 79.9. The molecule has 0 unspecified atom stereocenters. The van der Waals surface area contributed by atoms with Gasteiger partial charge >= 0.3 is 5.97 Å². The van der Waals surface area contributed by atoms with Crippen LogP contribution in [0.4, 0.5) is 0 Å². The molecule has 0 atom stereocenters. The van der Waals surface area contributed by atoms with Gasteiger partial charge in [0.2, 0.25) is 11.7 Å². The number of oxazole rings is 2. The maximum Gasteiger partial charge on any atom is 0.360 e. The van der Waals surface area contributed by atoms with Crippen molar-refractivity contribution >= 4 is 27.7 Å². The van der Waals surface area contributed by atoms with Crippen molar-refractivity contribution in [2.75, 3.05) is 12.4 Å². The van der Waals surface area contributed by atoms with Gasteiger partial charge in [-0.2, -0.15) is 4.98 Å². The van der Waals surface area contributed by atoms with Gasteiger partial charge in [0.25, 0.3) is 5.89 Å². The Morgan fingerprint density at radius 1 is 1.21 bits per heavy atom. The van der Waals surface area contributed by atoms with Gasteiger partial charge in [-0.25, -0.2) is 9.78 Å². The Morgan fingerprint density at radius 3 is 2.62 bits per heavy atom. The van der Waals surface area contributed by atoms with Crippen molar-refractivity contribution in [1.82, 2.24) is 9.97 Å². The smallest absolute Gasteiger partial charge is 0.360 e. The van der Waals surface area contributed by atoms with E-state index < -0.39 is 5.97 Å². The number of carbonyl (C=O) groups excluding carboxylic acids is 2. The van der Waals surface area contributed by atoms with E-state index in [2.05, 4.69) is 25.9 Å². The van der Waals surface area contributed by atoms with Gasteiger partial charge in [0, 0.05) is 5.56 Å². The lowest BCUT2D eigenvalue weighted by molar-refractivity contribution is 0.0595. The van der Waals surface area contributed by atoms with Crippen LogP contribution in [0.15, 0.2) is 45.4 Å². The number of methoxy groups -OCH3 is 1. The molecular weight excluding hydrogens is 380 g/mol. The summed E-state index contributed by atoms with van der Waals surface area (Å²) in [6, 6.07) is 9.01. The summed E-state index contributed by atoms with van der Waals surface area (Å²) in [5.41, 5.74) is 0.901. The summed E-state index contributed by atoms with van der Waals surface area (Å²) in [5, 5.41) is 0.0845. The lowest BCUT2D eigenvalue weighted by atomic mass is 10.1. The number of benzene rings is 1. The first-order valence-electron chi connectivity index (χ1n) is 6.83. The Hall–Kier alpha value is -2.74. The third-order valence-corrected chi connectivity index (χ3v) is 3.63. The average Bonchev–Trinajstić information content (AvgIpc) is 3.28. The molecule has 24 heavy (non-hydrogen) atoms. The van der Waals surface area contributed by atoms with Crippen molar-refractivity contribution in [2.45, 2.75) is 0 Å². The number of halogens is 1. The van der Waals surface area contributed by atoms with E-state index in [0.29, 0.717) is 5.56 Å². The number of esters is 1. The molecule has 0 amide bonds. The maximum absolute atomic E-state index is 12.0. The predicted octanol–water partition coefficient (Wildman–Crippen LogP) is 3.36. The molecule has 0 fully saturated rings. The second-order valence-corrected chi connectivity index (χ2v) is 5.21. The molecule has 0 bridgehead atoms. The number of carbonyl (C=O) groups is 2. The van der Waals surface area contributed by atoms with Crippen LogP contribution in [-0.4, -0.2) is 34.2 Å². The molecule has 2 aromatic heterocycles. The zero-order valence-electron chi connectivity index (χ0n) is 12.5. The van der Waals surface area contributed by atoms with E-state index in [1.54, 1.807) is 12.1 Å². The summed E-state index contributed by atoms with van der Waals surface area (Å²) in [6.07, 6.45) is 1.25. The molecule has 0 N–H and O–H groups in total. The summed E-state index contributed by atoms with van der Waals surface area (Å²) in [4.78, 5) is 31.7. The SMILES string of the molecule is COC(=O)c1nc(-c2coc(C(=O)CBr)n2)oc1-c1ccccc1. The van der Waals surface area contributed by atoms with E-state index in [1.807, 2.05) is 18.2 Å². The van der Waals surface area contributed by atoms with Crippen LogP contribution in [0, 0.1) is 0 Å². The second-order valence-electron chi connectivity index (χ2n) is 4.65. The molecule has 0 saturated heterocycles. The molecule has 2 heterocycles. The molecule has 0 aliphatic rings. The summed E-state index contributed by atoms with van der Waals surface area (Å²) >= 11 is 3.04. The van der Waals surface area contributed by atoms with Crippen molar-refractivity contribution in [2.24, 2.45) is 0 Å². The fourth-order valence-corrected chi connectivity index (χ4v) is 2.25. The number of ketones is 1. The van der Waals surface area contributed by atoms with Crippen molar-refractivity contribution < 1.29 is 23.2 Å². The third-order valence-electron chi connectivity index (χ3n) is 3.13. The minimum Gasteiger partial charge on any atom is -0.464 e. The molecule has 3 rings (SSSR count). The largest absolute Gasteiger partial charge is 0.464 e. The van der Waals surface area contributed by atoms with Gasteiger partial charge in [-0.3, -0.25) is 4.79 Å². The van der Waals surface area contributed by atoms with Crippen LogP contribution in [-0.2, 0) is 4.74 Å². The van der Waals surface area contributed by atoms with Gasteiger partial charge in [0.1, 0.15) is 6.26 Å². The quantitative estimate of drug-likeness (QED) is 0.374. The first-order valence-corrected chi connectivity index (χ1v) is 7.95. The lowest BCUT2D eigenvalue weighted by Gasteiger charge is -1.98. The van der Waals surface area contributed by atoms with Gasteiger partial charge in [0.05, 0.1) is 12.4 Å². The van der Waals surface area contributed by atoms with Gasteiger partial charge in [-0.1, -0.05) is 46.3 Å². The molecule has 0 spiro atoms. The highest BCUT2D eigenvalue weighted by Gasteiger charge is 2.25. The monoisotopic (exact) mass is 390 g/mol. The number of alkyl halides is 1. The molecule has 3 aromatic rings. The number of aromatic nitrogens is 2. The van der Waals surface area contributed by atoms with Crippen LogP contribution in [0.3, 0.4) is 0 Å². The molecule has 7 nitrogen and oxygen atoms in total. The fraction of sp³-hybridized carbons (Fsp3) is 0.125. The van der Waals surface area contributed by atoms with E-state index in [0.717, 1.165) is 0 Å². The van der Waals surface area contributed by atoms with Gasteiger partial charge in [-0.05, 0) is 0 Å². The third kappa shape index (κ3) is 3.00. The Balaban J connectivity index is 2.07. The zero-order chi connectivity index (χ0) is 17.1. The van der Waals surface area contributed by atoms with Gasteiger partial charge in [0.15, 0.2) is 17.1 Å². The Bertz CT molecular complexity index is 885. The van der Waals surface area contributed by atoms with Crippen LogP contribution in [0.25, 0.3) is 22.9 Å². The molecule has 1 aromatic carbocycles. The van der Waals surface area contributed by atoms with E-state index in [9.17, 15) is 9.59 Å². The second kappa shape index (κ2) is 6.79. The number of ether oxygens (including phenoxy) is 1. The van der Waals surface area contributed by atoms with Crippen molar-refractivity contribution in [3.8, 4) is 22.9 Å².